The molecule has 0 radical (unpaired) electrons. The summed E-state index contributed by atoms with van der Waals surface area (Å²) < 4.78 is 1.94. The molecule has 1 fully saturated rings. The SMILES string of the molecule is Cn1nc(C2CC2)cc1CSc1nc(N)nc2n[nH]nc12. The van der Waals surface area contributed by atoms with E-state index in [9.17, 15) is 0 Å². The molecule has 3 aromatic heterocycles. The summed E-state index contributed by atoms with van der Waals surface area (Å²) in [6.45, 7) is 0. The standard InChI is InChI=1S/C12H14N8S/c1-20-7(4-8(18-20)6-2-3-6)5-21-11-9-10(17-19-16-9)14-12(13)15-11/h4,6H,2-3,5H2,1H3,(H3,13,14,15,16,17,19). The molecule has 3 heterocycles. The van der Waals surface area contributed by atoms with Gasteiger partial charge in [0.15, 0.2) is 5.52 Å². The largest absolute Gasteiger partial charge is 0.368 e. The van der Waals surface area contributed by atoms with E-state index >= 15 is 0 Å². The van der Waals surface area contributed by atoms with Gasteiger partial charge in [-0.2, -0.15) is 20.4 Å². The maximum Gasteiger partial charge on any atom is 0.223 e. The van der Waals surface area contributed by atoms with Crippen LogP contribution in [0.5, 0.6) is 0 Å². The van der Waals surface area contributed by atoms with Crippen molar-refractivity contribution in [2.24, 2.45) is 7.05 Å². The van der Waals surface area contributed by atoms with Crippen LogP contribution in [0.15, 0.2) is 11.1 Å². The Morgan fingerprint density at radius 2 is 2.24 bits per heavy atom. The van der Waals surface area contributed by atoms with Gasteiger partial charge >= 0.3 is 0 Å². The summed E-state index contributed by atoms with van der Waals surface area (Å²) in [5, 5.41) is 15.9. The molecule has 1 saturated carbocycles. The summed E-state index contributed by atoms with van der Waals surface area (Å²) in [7, 11) is 1.97. The molecule has 4 rings (SSSR count). The topological polar surface area (TPSA) is 111 Å². The highest BCUT2D eigenvalue weighted by Crippen LogP contribution is 2.39. The number of nitrogens with one attached hydrogen (secondary N) is 1. The highest BCUT2D eigenvalue weighted by Gasteiger charge is 2.26. The smallest absolute Gasteiger partial charge is 0.223 e. The van der Waals surface area contributed by atoms with Gasteiger partial charge in [-0.3, -0.25) is 4.68 Å². The Hall–Kier alpha value is -2.16. The summed E-state index contributed by atoms with van der Waals surface area (Å²) in [5.74, 6) is 1.63. The van der Waals surface area contributed by atoms with Gasteiger partial charge in [-0.25, -0.2) is 4.98 Å². The number of aryl methyl sites for hydroxylation is 1. The van der Waals surface area contributed by atoms with Crippen molar-refractivity contribution in [1.29, 1.82) is 0 Å². The summed E-state index contributed by atoms with van der Waals surface area (Å²) in [6.07, 6.45) is 2.51. The van der Waals surface area contributed by atoms with Gasteiger partial charge in [0.05, 0.1) is 5.69 Å². The summed E-state index contributed by atoms with van der Waals surface area (Å²) in [5.41, 5.74) is 9.20. The van der Waals surface area contributed by atoms with Gasteiger partial charge in [-0.05, 0) is 18.9 Å². The van der Waals surface area contributed by atoms with Crippen molar-refractivity contribution in [1.82, 2.24) is 35.2 Å². The van der Waals surface area contributed by atoms with Crippen LogP contribution in [-0.4, -0.2) is 35.2 Å². The van der Waals surface area contributed by atoms with Gasteiger partial charge in [0.25, 0.3) is 0 Å². The molecule has 0 spiro atoms. The first kappa shape index (κ1) is 12.6. The maximum atomic E-state index is 5.70. The third-order valence-corrected chi connectivity index (χ3v) is 4.51. The molecule has 1 aliphatic carbocycles. The lowest BCUT2D eigenvalue weighted by molar-refractivity contribution is 0.718. The van der Waals surface area contributed by atoms with Gasteiger partial charge in [0, 0.05) is 24.4 Å². The lowest BCUT2D eigenvalue weighted by Crippen LogP contribution is -1.99. The minimum Gasteiger partial charge on any atom is -0.368 e. The molecule has 0 unspecified atom stereocenters. The van der Waals surface area contributed by atoms with Crippen LogP contribution in [-0.2, 0) is 12.8 Å². The minimum atomic E-state index is 0.211. The highest BCUT2D eigenvalue weighted by atomic mass is 32.2. The number of thioether (sulfide) groups is 1. The normalized spacial score (nSPS) is 14.9. The van der Waals surface area contributed by atoms with Crippen LogP contribution in [0.25, 0.3) is 11.2 Å². The van der Waals surface area contributed by atoms with Crippen molar-refractivity contribution < 1.29 is 0 Å². The molecule has 9 heteroatoms. The van der Waals surface area contributed by atoms with E-state index in [1.165, 1.54) is 18.5 Å². The molecule has 8 nitrogen and oxygen atoms in total. The Kier molecular flexibility index (Phi) is 2.81. The first-order valence-electron chi connectivity index (χ1n) is 6.70. The number of aromatic amines is 1. The fourth-order valence-corrected chi connectivity index (χ4v) is 3.21. The summed E-state index contributed by atoms with van der Waals surface area (Å²) >= 11 is 1.57. The monoisotopic (exact) mass is 302 g/mol. The molecule has 1 aliphatic rings. The Balaban J connectivity index is 1.59. The average Bonchev–Trinajstić information content (AvgIpc) is 3.09. The number of fused-ring (bicyclic) bond motifs is 1. The molecule has 0 saturated heterocycles. The number of hydrogen-bond acceptors (Lipinski definition) is 7. The first-order valence-corrected chi connectivity index (χ1v) is 7.69. The molecule has 3 aromatic rings. The number of anilines is 1. The van der Waals surface area contributed by atoms with Gasteiger partial charge in [-0.1, -0.05) is 11.8 Å². The maximum absolute atomic E-state index is 5.70. The van der Waals surface area contributed by atoms with Gasteiger partial charge in [-0.15, -0.1) is 5.10 Å². The Bertz CT molecular complexity index is 803. The van der Waals surface area contributed by atoms with Crippen molar-refractivity contribution >= 4 is 28.9 Å². The predicted molar refractivity (Wildman–Crippen MR) is 78.6 cm³/mol. The molecule has 0 aliphatic heterocycles. The quantitative estimate of drug-likeness (QED) is 0.550. The molecular weight excluding hydrogens is 288 g/mol. The zero-order chi connectivity index (χ0) is 14.4. The van der Waals surface area contributed by atoms with E-state index in [2.05, 4.69) is 36.5 Å². The third kappa shape index (κ3) is 2.33. The summed E-state index contributed by atoms with van der Waals surface area (Å²) in [4.78, 5) is 8.29. The molecule has 0 amide bonds. The number of hydrogen-bond donors (Lipinski definition) is 2. The zero-order valence-electron chi connectivity index (χ0n) is 11.4. The van der Waals surface area contributed by atoms with E-state index in [1.54, 1.807) is 11.8 Å². The van der Waals surface area contributed by atoms with Crippen LogP contribution < -0.4 is 5.73 Å². The second kappa shape index (κ2) is 4.69. The Morgan fingerprint density at radius 3 is 3.05 bits per heavy atom. The molecule has 21 heavy (non-hydrogen) atoms. The first-order chi connectivity index (χ1) is 10.2. The molecule has 108 valence electrons. The van der Waals surface area contributed by atoms with Gasteiger partial charge in [0.1, 0.15) is 5.03 Å². The number of aromatic nitrogens is 7. The van der Waals surface area contributed by atoms with Gasteiger partial charge in [0.2, 0.25) is 11.6 Å². The number of nitrogen functional groups attached to an aromatic ring is 1. The second-order valence-electron chi connectivity index (χ2n) is 5.13. The lowest BCUT2D eigenvalue weighted by Gasteiger charge is -2.02. The molecule has 0 bridgehead atoms. The van der Waals surface area contributed by atoms with Crippen LogP contribution in [0.1, 0.15) is 30.1 Å². The Morgan fingerprint density at radius 1 is 1.38 bits per heavy atom. The van der Waals surface area contributed by atoms with Crippen LogP contribution in [0, 0.1) is 0 Å². The fourth-order valence-electron chi connectivity index (χ4n) is 2.22. The van der Waals surface area contributed by atoms with Crippen molar-refractivity contribution in [2.75, 3.05) is 5.73 Å². The zero-order valence-corrected chi connectivity index (χ0v) is 12.3. The van der Waals surface area contributed by atoms with E-state index in [0.29, 0.717) is 17.1 Å². The number of nitrogens with two attached hydrogens (primary N) is 1. The van der Waals surface area contributed by atoms with E-state index in [1.807, 2.05) is 11.7 Å². The average molecular weight is 302 g/mol. The van der Waals surface area contributed by atoms with Gasteiger partial charge < -0.3 is 5.73 Å². The van der Waals surface area contributed by atoms with Crippen molar-refractivity contribution in [3.8, 4) is 0 Å². The van der Waals surface area contributed by atoms with E-state index in [0.717, 1.165) is 16.5 Å². The lowest BCUT2D eigenvalue weighted by atomic mass is 10.3. The van der Waals surface area contributed by atoms with Crippen LogP contribution in [0.2, 0.25) is 0 Å². The van der Waals surface area contributed by atoms with Crippen molar-refractivity contribution in [3.05, 3.63) is 17.5 Å². The fraction of sp³-hybridized carbons (Fsp3) is 0.417. The van der Waals surface area contributed by atoms with Crippen LogP contribution in [0.3, 0.4) is 0 Å². The highest BCUT2D eigenvalue weighted by molar-refractivity contribution is 7.98. The minimum absolute atomic E-state index is 0.211. The van der Waals surface area contributed by atoms with Crippen LogP contribution >= 0.6 is 11.8 Å². The van der Waals surface area contributed by atoms with Crippen molar-refractivity contribution in [3.63, 3.8) is 0 Å². The Labute approximate surface area is 124 Å². The number of H-pyrrole nitrogens is 1. The van der Waals surface area contributed by atoms with E-state index in [-0.39, 0.29) is 5.95 Å². The second-order valence-corrected chi connectivity index (χ2v) is 6.09. The number of nitrogens with zero attached hydrogens (tertiary/aromatic N) is 6. The predicted octanol–water partition coefficient (Wildman–Crippen LogP) is 1.23. The summed E-state index contributed by atoms with van der Waals surface area (Å²) in [6, 6.07) is 2.18. The molecular formula is C12H14N8S. The molecule has 0 atom stereocenters. The van der Waals surface area contributed by atoms with E-state index in [4.69, 9.17) is 5.73 Å². The molecule has 0 aromatic carbocycles. The number of rotatable bonds is 4. The molecule has 3 N–H and O–H groups in total. The van der Waals surface area contributed by atoms with Crippen molar-refractivity contribution in [2.45, 2.75) is 29.5 Å². The third-order valence-electron chi connectivity index (χ3n) is 3.52. The van der Waals surface area contributed by atoms with E-state index < -0.39 is 0 Å². The van der Waals surface area contributed by atoms with Crippen LogP contribution in [0.4, 0.5) is 5.95 Å².